The highest BCUT2D eigenvalue weighted by Gasteiger charge is 2.22. The van der Waals surface area contributed by atoms with Crippen LogP contribution in [0.2, 0.25) is 0 Å². The molecular weight excluding hydrogens is 320 g/mol. The van der Waals surface area contributed by atoms with Crippen molar-refractivity contribution in [2.45, 2.75) is 12.5 Å². The molecule has 20 heavy (non-hydrogen) atoms. The van der Waals surface area contributed by atoms with E-state index in [4.69, 9.17) is 9.47 Å². The summed E-state index contributed by atoms with van der Waals surface area (Å²) in [6.45, 7) is 0.703. The van der Waals surface area contributed by atoms with Crippen molar-refractivity contribution in [3.8, 4) is 11.6 Å². The van der Waals surface area contributed by atoms with Crippen molar-refractivity contribution in [3.63, 3.8) is 0 Å². The minimum absolute atomic E-state index is 0.189. The number of pyridine rings is 1. The summed E-state index contributed by atoms with van der Waals surface area (Å²) in [7, 11) is 1.63. The smallest absolute Gasteiger partial charge is 0.237 e. The van der Waals surface area contributed by atoms with Gasteiger partial charge in [-0.3, -0.25) is 0 Å². The van der Waals surface area contributed by atoms with Gasteiger partial charge in [-0.1, -0.05) is 15.9 Å². The van der Waals surface area contributed by atoms with Gasteiger partial charge < -0.3 is 14.8 Å². The summed E-state index contributed by atoms with van der Waals surface area (Å²) in [5, 5.41) is 3.50. The molecule has 0 amide bonds. The van der Waals surface area contributed by atoms with Gasteiger partial charge >= 0.3 is 0 Å². The van der Waals surface area contributed by atoms with Gasteiger partial charge in [0, 0.05) is 22.7 Å². The zero-order valence-electron chi connectivity index (χ0n) is 11.1. The molecule has 1 aromatic carbocycles. The maximum atomic E-state index is 5.70. The summed E-state index contributed by atoms with van der Waals surface area (Å²) in [6.07, 6.45) is 2.63. The Kier molecular flexibility index (Phi) is 3.78. The first kappa shape index (κ1) is 13.2. The van der Waals surface area contributed by atoms with Crippen LogP contribution in [0.1, 0.15) is 18.0 Å². The monoisotopic (exact) mass is 334 g/mol. The normalized spacial score (nSPS) is 17.0. The van der Waals surface area contributed by atoms with Crippen LogP contribution >= 0.6 is 15.9 Å². The van der Waals surface area contributed by atoms with Crippen molar-refractivity contribution < 1.29 is 9.47 Å². The molecule has 4 nitrogen and oxygen atoms in total. The van der Waals surface area contributed by atoms with Crippen LogP contribution in [-0.4, -0.2) is 18.7 Å². The Labute approximate surface area is 126 Å². The third kappa shape index (κ3) is 2.58. The predicted octanol–water partition coefficient (Wildman–Crippen LogP) is 3.79. The van der Waals surface area contributed by atoms with Gasteiger partial charge in [0.1, 0.15) is 5.75 Å². The SMILES string of the molecule is COc1ncccc1NC1CCOc2ccc(Br)cc21. The molecule has 2 heterocycles. The van der Waals surface area contributed by atoms with Crippen LogP contribution in [0.5, 0.6) is 11.6 Å². The van der Waals surface area contributed by atoms with E-state index in [2.05, 4.69) is 32.3 Å². The molecule has 3 rings (SSSR count). The quantitative estimate of drug-likeness (QED) is 0.927. The van der Waals surface area contributed by atoms with Gasteiger partial charge in [-0.05, 0) is 30.3 Å². The van der Waals surface area contributed by atoms with Gasteiger partial charge in [0.15, 0.2) is 0 Å². The van der Waals surface area contributed by atoms with E-state index in [1.807, 2.05) is 24.3 Å². The van der Waals surface area contributed by atoms with Crippen LogP contribution in [0.3, 0.4) is 0 Å². The Bertz CT molecular complexity index is 619. The lowest BCUT2D eigenvalue weighted by Gasteiger charge is -2.28. The van der Waals surface area contributed by atoms with E-state index in [0.717, 1.165) is 27.9 Å². The molecule has 104 valence electrons. The van der Waals surface area contributed by atoms with E-state index in [-0.39, 0.29) is 6.04 Å². The number of benzene rings is 1. The standard InChI is InChI=1S/C15H15BrN2O2/c1-19-15-13(3-2-7-17-15)18-12-6-8-20-14-5-4-10(16)9-11(12)14/h2-5,7,9,12,18H,6,8H2,1H3. The highest BCUT2D eigenvalue weighted by atomic mass is 79.9. The minimum atomic E-state index is 0.189. The fourth-order valence-corrected chi connectivity index (χ4v) is 2.75. The molecule has 0 saturated carbocycles. The molecule has 1 aromatic heterocycles. The summed E-state index contributed by atoms with van der Waals surface area (Å²) in [5.41, 5.74) is 2.05. The molecule has 5 heteroatoms. The predicted molar refractivity (Wildman–Crippen MR) is 81.4 cm³/mol. The summed E-state index contributed by atoms with van der Waals surface area (Å²) in [4.78, 5) is 4.21. The maximum absolute atomic E-state index is 5.70. The largest absolute Gasteiger partial charge is 0.493 e. The van der Waals surface area contributed by atoms with E-state index in [9.17, 15) is 0 Å². The molecular formula is C15H15BrN2O2. The molecule has 1 N–H and O–H groups in total. The van der Waals surface area contributed by atoms with E-state index in [0.29, 0.717) is 12.5 Å². The third-order valence-corrected chi connectivity index (χ3v) is 3.80. The average molecular weight is 335 g/mol. The second-order valence-corrected chi connectivity index (χ2v) is 5.49. The van der Waals surface area contributed by atoms with E-state index in [1.165, 1.54) is 0 Å². The zero-order valence-corrected chi connectivity index (χ0v) is 12.7. The average Bonchev–Trinajstić information content (AvgIpc) is 2.48. The molecule has 1 aliphatic rings. The molecule has 0 bridgehead atoms. The topological polar surface area (TPSA) is 43.4 Å². The van der Waals surface area contributed by atoms with Gasteiger partial charge in [-0.15, -0.1) is 0 Å². The van der Waals surface area contributed by atoms with Crippen molar-refractivity contribution in [1.82, 2.24) is 4.98 Å². The molecule has 0 radical (unpaired) electrons. The van der Waals surface area contributed by atoms with E-state index in [1.54, 1.807) is 13.3 Å². The van der Waals surface area contributed by atoms with Gasteiger partial charge in [0.05, 0.1) is 25.4 Å². The molecule has 0 aliphatic carbocycles. The molecule has 1 atom stereocenters. The highest BCUT2D eigenvalue weighted by Crippen LogP contribution is 2.37. The number of methoxy groups -OCH3 is 1. The van der Waals surface area contributed by atoms with Crippen LogP contribution in [0, 0.1) is 0 Å². The summed E-state index contributed by atoms with van der Waals surface area (Å²) in [6, 6.07) is 10.1. The van der Waals surface area contributed by atoms with Crippen LogP contribution in [-0.2, 0) is 0 Å². The Balaban J connectivity index is 1.91. The van der Waals surface area contributed by atoms with Crippen LogP contribution in [0.15, 0.2) is 41.0 Å². The lowest BCUT2D eigenvalue weighted by Crippen LogP contribution is -2.20. The van der Waals surface area contributed by atoms with Gasteiger partial charge in [0.2, 0.25) is 5.88 Å². The molecule has 0 saturated heterocycles. The van der Waals surface area contributed by atoms with Crippen LogP contribution in [0.4, 0.5) is 5.69 Å². The van der Waals surface area contributed by atoms with Crippen molar-refractivity contribution in [3.05, 3.63) is 46.6 Å². The summed E-state index contributed by atoms with van der Waals surface area (Å²) < 4.78 is 12.0. The minimum Gasteiger partial charge on any atom is -0.493 e. The first-order valence-corrected chi connectivity index (χ1v) is 7.25. The number of nitrogens with one attached hydrogen (secondary N) is 1. The number of aromatic nitrogens is 1. The number of nitrogens with zero attached hydrogens (tertiary/aromatic N) is 1. The highest BCUT2D eigenvalue weighted by molar-refractivity contribution is 9.10. The van der Waals surface area contributed by atoms with E-state index < -0.39 is 0 Å². The van der Waals surface area contributed by atoms with Crippen molar-refractivity contribution >= 4 is 21.6 Å². The summed E-state index contributed by atoms with van der Waals surface area (Å²) >= 11 is 3.51. The van der Waals surface area contributed by atoms with Gasteiger partial charge in [-0.25, -0.2) is 4.98 Å². The Morgan fingerprint density at radius 3 is 3.15 bits per heavy atom. The van der Waals surface area contributed by atoms with Crippen LogP contribution < -0.4 is 14.8 Å². The number of fused-ring (bicyclic) bond motifs is 1. The first-order valence-electron chi connectivity index (χ1n) is 6.45. The second-order valence-electron chi connectivity index (χ2n) is 4.58. The van der Waals surface area contributed by atoms with Gasteiger partial charge in [0.25, 0.3) is 0 Å². The number of anilines is 1. The zero-order chi connectivity index (χ0) is 13.9. The fraction of sp³-hybridized carbons (Fsp3) is 0.267. The molecule has 0 fully saturated rings. The number of ether oxygens (including phenoxy) is 2. The number of rotatable bonds is 3. The lowest BCUT2D eigenvalue weighted by molar-refractivity contribution is 0.274. The third-order valence-electron chi connectivity index (χ3n) is 3.31. The van der Waals surface area contributed by atoms with Crippen molar-refractivity contribution in [2.75, 3.05) is 19.0 Å². The van der Waals surface area contributed by atoms with E-state index >= 15 is 0 Å². The van der Waals surface area contributed by atoms with Crippen LogP contribution in [0.25, 0.3) is 0 Å². The summed E-state index contributed by atoms with van der Waals surface area (Å²) in [5.74, 6) is 1.54. The number of hydrogen-bond donors (Lipinski definition) is 1. The molecule has 0 spiro atoms. The molecule has 2 aromatic rings. The number of halogens is 1. The first-order chi connectivity index (χ1) is 9.78. The Morgan fingerprint density at radius 1 is 1.40 bits per heavy atom. The Morgan fingerprint density at radius 2 is 2.30 bits per heavy atom. The number of hydrogen-bond acceptors (Lipinski definition) is 4. The molecule has 1 aliphatic heterocycles. The fourth-order valence-electron chi connectivity index (χ4n) is 2.37. The van der Waals surface area contributed by atoms with Crippen molar-refractivity contribution in [2.24, 2.45) is 0 Å². The van der Waals surface area contributed by atoms with Crippen molar-refractivity contribution in [1.29, 1.82) is 0 Å². The lowest BCUT2D eigenvalue weighted by atomic mass is 10.0. The Hall–Kier alpha value is -1.75. The molecule has 1 unspecified atom stereocenters. The van der Waals surface area contributed by atoms with Gasteiger partial charge in [-0.2, -0.15) is 0 Å². The maximum Gasteiger partial charge on any atom is 0.237 e. The second kappa shape index (κ2) is 5.71.